The highest BCUT2D eigenvalue weighted by Crippen LogP contribution is 2.29. The Balaban J connectivity index is 1.75. The van der Waals surface area contributed by atoms with E-state index in [1.54, 1.807) is 6.20 Å². The predicted molar refractivity (Wildman–Crippen MR) is 90.6 cm³/mol. The molecule has 3 nitrogen and oxygen atoms in total. The van der Waals surface area contributed by atoms with Crippen LogP contribution in [0.4, 0.5) is 4.39 Å². The maximum Gasteiger partial charge on any atom is 0.192 e. The van der Waals surface area contributed by atoms with E-state index in [9.17, 15) is 9.18 Å². The summed E-state index contributed by atoms with van der Waals surface area (Å²) in [6.45, 7) is 0.353. The van der Waals surface area contributed by atoms with E-state index in [4.69, 9.17) is 4.74 Å². The summed E-state index contributed by atoms with van der Waals surface area (Å²) in [5.74, 6) is -0.206. The molecule has 0 bridgehead atoms. The maximum absolute atomic E-state index is 13.3. The van der Waals surface area contributed by atoms with Gasteiger partial charge in [0.2, 0.25) is 0 Å². The van der Waals surface area contributed by atoms with Crippen molar-refractivity contribution >= 4 is 22.6 Å². The van der Waals surface area contributed by atoms with Crippen molar-refractivity contribution in [2.45, 2.75) is 6.42 Å². The van der Waals surface area contributed by atoms with E-state index in [-0.39, 0.29) is 5.78 Å². The molecule has 0 N–H and O–H groups in total. The monoisotopic (exact) mass is 319 g/mol. The van der Waals surface area contributed by atoms with Gasteiger partial charge >= 0.3 is 0 Å². The van der Waals surface area contributed by atoms with Crippen LogP contribution in [0.1, 0.15) is 22.3 Å². The van der Waals surface area contributed by atoms with Gasteiger partial charge in [-0.1, -0.05) is 12.1 Å². The zero-order valence-electron chi connectivity index (χ0n) is 12.8. The Kier molecular flexibility index (Phi) is 3.58. The Morgan fingerprint density at radius 3 is 2.92 bits per heavy atom. The van der Waals surface area contributed by atoms with Gasteiger partial charge in [0, 0.05) is 35.8 Å². The van der Waals surface area contributed by atoms with Gasteiger partial charge < -0.3 is 4.74 Å². The number of fused-ring (bicyclic) bond motifs is 2. The van der Waals surface area contributed by atoms with E-state index < -0.39 is 5.82 Å². The molecule has 0 saturated heterocycles. The van der Waals surface area contributed by atoms with Crippen LogP contribution in [0.15, 0.2) is 60.4 Å². The van der Waals surface area contributed by atoms with E-state index >= 15 is 0 Å². The molecule has 0 aliphatic carbocycles. The van der Waals surface area contributed by atoms with Gasteiger partial charge in [0.05, 0.1) is 12.2 Å². The lowest BCUT2D eigenvalue weighted by Gasteiger charge is -2.05. The van der Waals surface area contributed by atoms with Crippen molar-refractivity contribution in [1.82, 2.24) is 4.98 Å². The first-order valence-electron chi connectivity index (χ1n) is 7.72. The Bertz CT molecular complexity index is 978. The molecule has 1 aromatic heterocycles. The molecule has 0 saturated carbocycles. The van der Waals surface area contributed by atoms with Gasteiger partial charge in [0.15, 0.2) is 5.78 Å². The minimum atomic E-state index is -0.405. The van der Waals surface area contributed by atoms with Crippen LogP contribution in [-0.4, -0.2) is 17.4 Å². The largest absolute Gasteiger partial charge is 0.492 e. The normalized spacial score (nSPS) is 15.9. The van der Waals surface area contributed by atoms with Crippen LogP contribution in [0, 0.1) is 5.82 Å². The second kappa shape index (κ2) is 5.89. The molecule has 0 spiro atoms. The number of carbonyl (C=O) groups is 1. The number of hydrogen-bond acceptors (Lipinski definition) is 3. The second-order valence-electron chi connectivity index (χ2n) is 5.72. The van der Waals surface area contributed by atoms with E-state index in [0.717, 1.165) is 16.3 Å². The number of halogens is 1. The number of ketones is 1. The van der Waals surface area contributed by atoms with Crippen molar-refractivity contribution in [1.29, 1.82) is 0 Å². The lowest BCUT2D eigenvalue weighted by Crippen LogP contribution is -2.02. The molecule has 2 heterocycles. The molecular formula is C20H14FNO2. The van der Waals surface area contributed by atoms with Crippen LogP contribution >= 0.6 is 0 Å². The Labute approximate surface area is 138 Å². The molecular weight excluding hydrogens is 305 g/mol. The highest BCUT2D eigenvalue weighted by Gasteiger charge is 2.21. The van der Waals surface area contributed by atoms with Crippen molar-refractivity contribution < 1.29 is 13.9 Å². The highest BCUT2D eigenvalue weighted by molar-refractivity contribution is 6.13. The third-order valence-corrected chi connectivity index (χ3v) is 4.11. The standard InChI is InChI=1S/C20H14FNO2/c21-17-3-4-18-19(11-17)24-8-6-15(20(18)23)10-13-1-2-16-12-22-7-5-14(16)9-13/h1-5,7,9-12H,6,8H2/b15-10+. The first-order chi connectivity index (χ1) is 11.7. The fraction of sp³-hybridized carbons (Fsp3) is 0.100. The summed E-state index contributed by atoms with van der Waals surface area (Å²) in [7, 11) is 0. The average Bonchev–Trinajstić information content (AvgIpc) is 2.74. The number of Topliss-reactive ketones (excluding diaryl/α,β-unsaturated/α-hetero) is 1. The molecule has 0 radical (unpaired) electrons. The van der Waals surface area contributed by atoms with E-state index in [1.165, 1.54) is 18.2 Å². The predicted octanol–water partition coefficient (Wildman–Crippen LogP) is 4.42. The summed E-state index contributed by atoms with van der Waals surface area (Å²) in [6, 6.07) is 11.9. The summed E-state index contributed by atoms with van der Waals surface area (Å²) in [5, 5.41) is 2.12. The summed E-state index contributed by atoms with van der Waals surface area (Å²) in [5.41, 5.74) is 2.02. The zero-order valence-corrected chi connectivity index (χ0v) is 12.8. The van der Waals surface area contributed by atoms with E-state index in [0.29, 0.717) is 29.9 Å². The lowest BCUT2D eigenvalue weighted by molar-refractivity contribution is 0.103. The number of aromatic nitrogens is 1. The van der Waals surface area contributed by atoms with Gasteiger partial charge in [-0.3, -0.25) is 9.78 Å². The average molecular weight is 319 g/mol. The summed E-state index contributed by atoms with van der Waals surface area (Å²) >= 11 is 0. The van der Waals surface area contributed by atoms with Gasteiger partial charge in [-0.2, -0.15) is 0 Å². The molecule has 2 aromatic carbocycles. The molecule has 4 rings (SSSR count). The number of rotatable bonds is 1. The number of carbonyl (C=O) groups excluding carboxylic acids is 1. The quantitative estimate of drug-likeness (QED) is 0.623. The van der Waals surface area contributed by atoms with Gasteiger partial charge in [-0.15, -0.1) is 0 Å². The number of benzene rings is 2. The first kappa shape index (κ1) is 14.6. The van der Waals surface area contributed by atoms with Crippen molar-refractivity contribution in [3.63, 3.8) is 0 Å². The fourth-order valence-corrected chi connectivity index (χ4v) is 2.89. The number of nitrogens with zero attached hydrogens (tertiary/aromatic N) is 1. The Morgan fingerprint density at radius 1 is 1.08 bits per heavy atom. The topological polar surface area (TPSA) is 39.2 Å². The van der Waals surface area contributed by atoms with E-state index in [2.05, 4.69) is 4.98 Å². The van der Waals surface area contributed by atoms with Crippen LogP contribution in [0.2, 0.25) is 0 Å². The SMILES string of the molecule is O=C1/C(=C/c2ccc3cnccc3c2)CCOc2cc(F)ccc21. The number of ether oxygens (including phenoxy) is 1. The van der Waals surface area contributed by atoms with E-state index in [1.807, 2.05) is 36.5 Å². The molecule has 0 atom stereocenters. The van der Waals surface area contributed by atoms with Crippen LogP contribution in [-0.2, 0) is 0 Å². The Morgan fingerprint density at radius 2 is 2.00 bits per heavy atom. The third kappa shape index (κ3) is 2.67. The van der Waals surface area contributed by atoms with Gasteiger partial charge in [-0.05, 0) is 41.3 Å². The molecule has 0 fully saturated rings. The molecule has 1 aliphatic heterocycles. The summed E-state index contributed by atoms with van der Waals surface area (Å²) < 4.78 is 18.9. The van der Waals surface area contributed by atoms with Gasteiger partial charge in [0.1, 0.15) is 11.6 Å². The molecule has 0 amide bonds. The molecule has 118 valence electrons. The number of pyridine rings is 1. The minimum Gasteiger partial charge on any atom is -0.492 e. The Hall–Kier alpha value is -3.01. The van der Waals surface area contributed by atoms with Crippen molar-refractivity contribution in [3.05, 3.63) is 77.4 Å². The van der Waals surface area contributed by atoms with Crippen LogP contribution in [0.5, 0.6) is 5.75 Å². The van der Waals surface area contributed by atoms with Crippen molar-refractivity contribution in [3.8, 4) is 5.75 Å². The smallest absolute Gasteiger partial charge is 0.192 e. The maximum atomic E-state index is 13.3. The van der Waals surface area contributed by atoms with Crippen molar-refractivity contribution in [2.75, 3.05) is 6.61 Å². The molecule has 0 unspecified atom stereocenters. The van der Waals surface area contributed by atoms with Crippen LogP contribution < -0.4 is 4.74 Å². The summed E-state index contributed by atoms with van der Waals surface area (Å²) in [4.78, 5) is 16.8. The molecule has 4 heteroatoms. The summed E-state index contributed by atoms with van der Waals surface area (Å²) in [6.07, 6.45) is 5.92. The fourth-order valence-electron chi connectivity index (χ4n) is 2.89. The number of hydrogen-bond donors (Lipinski definition) is 0. The highest BCUT2D eigenvalue weighted by atomic mass is 19.1. The molecule has 1 aliphatic rings. The minimum absolute atomic E-state index is 0.114. The zero-order chi connectivity index (χ0) is 16.5. The lowest BCUT2D eigenvalue weighted by atomic mass is 9.98. The molecule has 24 heavy (non-hydrogen) atoms. The molecule has 3 aromatic rings. The first-order valence-corrected chi connectivity index (χ1v) is 7.72. The van der Waals surface area contributed by atoms with Crippen molar-refractivity contribution in [2.24, 2.45) is 0 Å². The van der Waals surface area contributed by atoms with Crippen LogP contribution in [0.25, 0.3) is 16.8 Å². The van der Waals surface area contributed by atoms with Crippen LogP contribution in [0.3, 0.4) is 0 Å². The van der Waals surface area contributed by atoms with Gasteiger partial charge in [-0.25, -0.2) is 4.39 Å². The third-order valence-electron chi connectivity index (χ3n) is 4.11. The second-order valence-corrected chi connectivity index (χ2v) is 5.72. The van der Waals surface area contributed by atoms with Gasteiger partial charge in [0.25, 0.3) is 0 Å².